The lowest BCUT2D eigenvalue weighted by atomic mass is 9.87. The third-order valence-corrected chi connectivity index (χ3v) is 3.63. The van der Waals surface area contributed by atoms with Gasteiger partial charge in [0, 0.05) is 18.1 Å². The lowest BCUT2D eigenvalue weighted by Gasteiger charge is -2.49. The zero-order chi connectivity index (χ0) is 10.2. The van der Waals surface area contributed by atoms with E-state index in [1.165, 1.54) is 25.7 Å². The molecule has 2 aliphatic rings. The van der Waals surface area contributed by atoms with Crippen LogP contribution in [0, 0.1) is 0 Å². The van der Waals surface area contributed by atoms with Crippen molar-refractivity contribution in [2.45, 2.75) is 63.2 Å². The molecule has 0 aromatic heterocycles. The topological polar surface area (TPSA) is 50.1 Å². The number of rotatable bonds is 0. The fourth-order valence-electron chi connectivity index (χ4n) is 2.70. The van der Waals surface area contributed by atoms with E-state index in [0.717, 1.165) is 13.0 Å². The van der Waals surface area contributed by atoms with E-state index in [1.54, 1.807) is 0 Å². The summed E-state index contributed by atoms with van der Waals surface area (Å²) in [4.78, 5) is 0. The average Bonchev–Trinajstić information content (AvgIpc) is 2.27. The fraction of sp³-hybridized carbons (Fsp3) is 1.00. The van der Waals surface area contributed by atoms with Gasteiger partial charge in [0.25, 0.3) is 0 Å². The van der Waals surface area contributed by atoms with Gasteiger partial charge in [-0.3, -0.25) is 5.32 Å². The maximum Gasteiger partial charge on any atom is 0.0820 e. The molecule has 0 bridgehead atoms. The van der Waals surface area contributed by atoms with Crippen LogP contribution in [0.2, 0.25) is 0 Å². The quantitative estimate of drug-likeness (QED) is 0.542. The summed E-state index contributed by atoms with van der Waals surface area (Å²) < 4.78 is 0. The van der Waals surface area contributed by atoms with E-state index in [0.29, 0.717) is 6.04 Å². The summed E-state index contributed by atoms with van der Waals surface area (Å²) in [5.74, 6) is 0. The first kappa shape index (κ1) is 10.4. The Morgan fingerprint density at radius 2 is 2.00 bits per heavy atom. The van der Waals surface area contributed by atoms with Gasteiger partial charge in [0.1, 0.15) is 0 Å². The number of fused-ring (bicyclic) bond motifs is 1. The van der Waals surface area contributed by atoms with E-state index in [1.807, 2.05) is 0 Å². The highest BCUT2D eigenvalue weighted by atomic mass is 15.2. The van der Waals surface area contributed by atoms with E-state index in [2.05, 4.69) is 24.5 Å². The zero-order valence-corrected chi connectivity index (χ0v) is 9.40. The highest BCUT2D eigenvalue weighted by Gasteiger charge is 2.42. The predicted octanol–water partition coefficient (Wildman–Crippen LogP) is 0.945. The van der Waals surface area contributed by atoms with Crippen LogP contribution >= 0.6 is 0 Å². The van der Waals surface area contributed by atoms with E-state index in [-0.39, 0.29) is 11.2 Å². The number of hydrogen-bond acceptors (Lipinski definition) is 3. The van der Waals surface area contributed by atoms with Crippen molar-refractivity contribution < 1.29 is 0 Å². The first-order valence-electron chi connectivity index (χ1n) is 5.83. The molecule has 4 N–H and O–H groups in total. The molecule has 1 aliphatic carbocycles. The van der Waals surface area contributed by atoms with Crippen LogP contribution in [0.25, 0.3) is 0 Å². The van der Waals surface area contributed by atoms with Gasteiger partial charge < -0.3 is 11.1 Å². The molecule has 2 unspecified atom stereocenters. The Balaban J connectivity index is 2.12. The number of nitrogens with two attached hydrogens (primary N) is 1. The molecule has 0 aromatic carbocycles. The molecule has 1 saturated heterocycles. The van der Waals surface area contributed by atoms with Gasteiger partial charge >= 0.3 is 0 Å². The van der Waals surface area contributed by atoms with Crippen LogP contribution < -0.4 is 16.4 Å². The molecule has 14 heavy (non-hydrogen) atoms. The molecule has 82 valence electrons. The second kappa shape index (κ2) is 3.47. The van der Waals surface area contributed by atoms with Crippen molar-refractivity contribution in [2.75, 3.05) is 6.54 Å². The second-order valence-corrected chi connectivity index (χ2v) is 5.57. The molecule has 2 rings (SSSR count). The first-order valence-corrected chi connectivity index (χ1v) is 5.83. The normalized spacial score (nSPS) is 42.6. The standard InChI is InChI=1S/C11H23N3/c1-10(2)8-13-11(12)7-5-3-4-6-9(11)14-10/h9,13-14H,3-8,12H2,1-2H3. The molecule has 3 nitrogen and oxygen atoms in total. The third kappa shape index (κ3) is 1.95. The van der Waals surface area contributed by atoms with Crippen LogP contribution in [0.3, 0.4) is 0 Å². The highest BCUT2D eigenvalue weighted by molar-refractivity contribution is 5.04. The van der Waals surface area contributed by atoms with Gasteiger partial charge in [0.15, 0.2) is 0 Å². The van der Waals surface area contributed by atoms with E-state index >= 15 is 0 Å². The predicted molar refractivity (Wildman–Crippen MR) is 59.0 cm³/mol. The maximum atomic E-state index is 6.41. The Morgan fingerprint density at radius 3 is 2.79 bits per heavy atom. The van der Waals surface area contributed by atoms with Gasteiger partial charge in [-0.25, -0.2) is 0 Å². The third-order valence-electron chi connectivity index (χ3n) is 3.63. The minimum Gasteiger partial charge on any atom is -0.312 e. The maximum absolute atomic E-state index is 6.41. The van der Waals surface area contributed by atoms with E-state index in [4.69, 9.17) is 5.73 Å². The van der Waals surface area contributed by atoms with Crippen LogP contribution in [0.1, 0.15) is 46.0 Å². The first-order chi connectivity index (χ1) is 6.52. The molecule has 2 atom stereocenters. The molecule has 1 saturated carbocycles. The highest BCUT2D eigenvalue weighted by Crippen LogP contribution is 2.28. The Labute approximate surface area is 86.8 Å². The Kier molecular flexibility index (Phi) is 2.58. The largest absolute Gasteiger partial charge is 0.312 e. The summed E-state index contributed by atoms with van der Waals surface area (Å²) in [5, 5.41) is 7.23. The van der Waals surface area contributed by atoms with Crippen LogP contribution in [0.15, 0.2) is 0 Å². The minimum absolute atomic E-state index is 0.147. The summed E-state index contributed by atoms with van der Waals surface area (Å²) in [7, 11) is 0. The van der Waals surface area contributed by atoms with Crippen molar-refractivity contribution in [3.8, 4) is 0 Å². The summed E-state index contributed by atoms with van der Waals surface area (Å²) in [5.41, 5.74) is 6.46. The van der Waals surface area contributed by atoms with Gasteiger partial charge in [-0.05, 0) is 26.7 Å². The lowest BCUT2D eigenvalue weighted by molar-refractivity contribution is 0.122. The Bertz CT molecular complexity index is 215. The second-order valence-electron chi connectivity index (χ2n) is 5.57. The van der Waals surface area contributed by atoms with Crippen LogP contribution in [0.4, 0.5) is 0 Å². The van der Waals surface area contributed by atoms with E-state index in [9.17, 15) is 0 Å². The van der Waals surface area contributed by atoms with Crippen LogP contribution in [-0.2, 0) is 0 Å². The van der Waals surface area contributed by atoms with Gasteiger partial charge in [0.05, 0.1) is 5.66 Å². The van der Waals surface area contributed by atoms with Gasteiger partial charge in [-0.1, -0.05) is 19.3 Å². The monoisotopic (exact) mass is 197 g/mol. The molecule has 0 amide bonds. The molecule has 0 spiro atoms. The number of piperazine rings is 1. The number of hydrogen-bond donors (Lipinski definition) is 3. The molecule has 0 aromatic rings. The van der Waals surface area contributed by atoms with Crippen molar-refractivity contribution >= 4 is 0 Å². The summed E-state index contributed by atoms with van der Waals surface area (Å²) >= 11 is 0. The van der Waals surface area contributed by atoms with Crippen molar-refractivity contribution in [1.29, 1.82) is 0 Å². The SMILES string of the molecule is CC1(C)CNC2(N)CCCCCC2N1. The van der Waals surface area contributed by atoms with Crippen LogP contribution in [0.5, 0.6) is 0 Å². The summed E-state index contributed by atoms with van der Waals surface area (Å²) in [6, 6.07) is 0.453. The van der Waals surface area contributed by atoms with Gasteiger partial charge in [0.2, 0.25) is 0 Å². The van der Waals surface area contributed by atoms with Gasteiger partial charge in [-0.15, -0.1) is 0 Å². The summed E-state index contributed by atoms with van der Waals surface area (Å²) in [6.07, 6.45) is 6.24. The van der Waals surface area contributed by atoms with Crippen molar-refractivity contribution in [2.24, 2.45) is 5.73 Å². The van der Waals surface area contributed by atoms with Crippen molar-refractivity contribution in [3.63, 3.8) is 0 Å². The summed E-state index contributed by atoms with van der Waals surface area (Å²) in [6.45, 7) is 5.45. The zero-order valence-electron chi connectivity index (χ0n) is 9.40. The Hall–Kier alpha value is -0.120. The average molecular weight is 197 g/mol. The van der Waals surface area contributed by atoms with Crippen molar-refractivity contribution in [1.82, 2.24) is 10.6 Å². The van der Waals surface area contributed by atoms with Crippen LogP contribution in [-0.4, -0.2) is 23.8 Å². The smallest absolute Gasteiger partial charge is 0.0820 e. The molecule has 3 heteroatoms. The van der Waals surface area contributed by atoms with Crippen molar-refractivity contribution in [3.05, 3.63) is 0 Å². The molecule has 0 radical (unpaired) electrons. The lowest BCUT2D eigenvalue weighted by Crippen LogP contribution is -2.75. The van der Waals surface area contributed by atoms with Gasteiger partial charge in [-0.2, -0.15) is 0 Å². The minimum atomic E-state index is -0.147. The molecule has 1 aliphatic heterocycles. The number of nitrogens with one attached hydrogen (secondary N) is 2. The molecular weight excluding hydrogens is 174 g/mol. The molecular formula is C11H23N3. The fourth-order valence-corrected chi connectivity index (χ4v) is 2.70. The Morgan fingerprint density at radius 1 is 1.21 bits per heavy atom. The molecule has 1 heterocycles. The van der Waals surface area contributed by atoms with E-state index < -0.39 is 0 Å². The molecule has 2 fully saturated rings.